The van der Waals surface area contributed by atoms with E-state index in [9.17, 15) is 19.7 Å². The SMILES string of the molecule is CCn1cc(-c2ccc(-c3ccc([N+](=O)[O-])cc3)o2)nc2c(=O)n(C)c(=O)nc1-2. The average Bonchev–Trinajstić information content (AvgIpc) is 3.22. The summed E-state index contributed by atoms with van der Waals surface area (Å²) in [5, 5.41) is 10.8. The summed E-state index contributed by atoms with van der Waals surface area (Å²) in [6.07, 6.45) is 1.66. The van der Waals surface area contributed by atoms with Gasteiger partial charge in [-0.3, -0.25) is 19.5 Å². The van der Waals surface area contributed by atoms with Crippen LogP contribution in [-0.2, 0) is 13.6 Å². The van der Waals surface area contributed by atoms with E-state index >= 15 is 0 Å². The zero-order valence-electron chi connectivity index (χ0n) is 15.5. The minimum atomic E-state index is -0.641. The second kappa shape index (κ2) is 6.82. The predicted molar refractivity (Wildman–Crippen MR) is 104 cm³/mol. The topological polar surface area (TPSA) is 126 Å². The van der Waals surface area contributed by atoms with E-state index in [0.29, 0.717) is 29.3 Å². The molecule has 1 aromatic heterocycles. The quantitative estimate of drug-likeness (QED) is 0.384. The van der Waals surface area contributed by atoms with Crippen molar-refractivity contribution in [2.24, 2.45) is 7.05 Å². The maximum Gasteiger partial charge on any atom is 0.352 e. The Kier molecular flexibility index (Phi) is 4.30. The molecular formula is C19H15N5O5. The molecule has 146 valence electrons. The van der Waals surface area contributed by atoms with Gasteiger partial charge in [-0.25, -0.2) is 9.78 Å². The number of aryl methyl sites for hydroxylation is 1. The Morgan fingerprint density at radius 1 is 1.07 bits per heavy atom. The molecule has 29 heavy (non-hydrogen) atoms. The van der Waals surface area contributed by atoms with Gasteiger partial charge in [0.15, 0.2) is 17.3 Å². The molecule has 1 aromatic carbocycles. The molecule has 2 aliphatic heterocycles. The van der Waals surface area contributed by atoms with Gasteiger partial charge in [0.05, 0.1) is 4.92 Å². The molecule has 0 saturated heterocycles. The first kappa shape index (κ1) is 18.3. The van der Waals surface area contributed by atoms with Crippen LogP contribution in [0.2, 0.25) is 0 Å². The van der Waals surface area contributed by atoms with Crippen LogP contribution in [0.5, 0.6) is 0 Å². The average molecular weight is 393 g/mol. The third kappa shape index (κ3) is 3.10. The summed E-state index contributed by atoms with van der Waals surface area (Å²) >= 11 is 0. The fourth-order valence-electron chi connectivity index (χ4n) is 2.95. The molecule has 3 heterocycles. The number of nitrogens with zero attached hydrogens (tertiary/aromatic N) is 5. The molecule has 0 saturated carbocycles. The van der Waals surface area contributed by atoms with Crippen molar-refractivity contribution in [3.63, 3.8) is 0 Å². The maximum atomic E-state index is 12.5. The Labute approximate surface area is 163 Å². The second-order valence-corrected chi connectivity index (χ2v) is 6.31. The molecule has 0 aliphatic carbocycles. The third-order valence-electron chi connectivity index (χ3n) is 4.55. The molecule has 0 radical (unpaired) electrons. The molecule has 10 nitrogen and oxygen atoms in total. The van der Waals surface area contributed by atoms with Crippen molar-refractivity contribution in [3.8, 4) is 34.3 Å². The number of nitro groups is 1. The summed E-state index contributed by atoms with van der Waals surface area (Å²) in [7, 11) is 1.35. The summed E-state index contributed by atoms with van der Waals surface area (Å²) in [6.45, 7) is 2.33. The fourth-order valence-corrected chi connectivity index (χ4v) is 2.95. The van der Waals surface area contributed by atoms with Gasteiger partial charge < -0.3 is 8.98 Å². The number of rotatable bonds is 4. The highest BCUT2D eigenvalue weighted by Crippen LogP contribution is 2.29. The van der Waals surface area contributed by atoms with E-state index in [0.717, 1.165) is 4.57 Å². The van der Waals surface area contributed by atoms with Gasteiger partial charge in [-0.05, 0) is 31.2 Å². The Bertz CT molecular complexity index is 1320. The Morgan fingerprint density at radius 2 is 1.76 bits per heavy atom. The van der Waals surface area contributed by atoms with Crippen LogP contribution in [-0.4, -0.2) is 24.0 Å². The highest BCUT2D eigenvalue weighted by molar-refractivity contribution is 5.65. The smallest absolute Gasteiger partial charge is 0.352 e. The van der Waals surface area contributed by atoms with Crippen molar-refractivity contribution in [2.75, 3.05) is 0 Å². The minimum absolute atomic E-state index is 0.0122. The van der Waals surface area contributed by atoms with Crippen LogP contribution in [0.3, 0.4) is 0 Å². The van der Waals surface area contributed by atoms with Gasteiger partial charge in [-0.2, -0.15) is 4.98 Å². The Hall–Kier alpha value is -4.08. The first-order valence-corrected chi connectivity index (χ1v) is 8.72. The number of aromatic nitrogens is 4. The monoisotopic (exact) mass is 393 g/mol. The number of non-ortho nitro benzene ring substituents is 1. The summed E-state index contributed by atoms with van der Waals surface area (Å²) in [6, 6.07) is 9.40. The van der Waals surface area contributed by atoms with Gasteiger partial charge in [0.2, 0.25) is 0 Å². The summed E-state index contributed by atoms with van der Waals surface area (Å²) in [4.78, 5) is 43.0. The van der Waals surface area contributed by atoms with E-state index in [2.05, 4.69) is 9.97 Å². The van der Waals surface area contributed by atoms with Gasteiger partial charge >= 0.3 is 5.69 Å². The second-order valence-electron chi connectivity index (χ2n) is 6.31. The number of nitro benzene ring substituents is 1. The molecule has 10 heteroatoms. The van der Waals surface area contributed by atoms with E-state index in [4.69, 9.17) is 4.42 Å². The van der Waals surface area contributed by atoms with E-state index in [-0.39, 0.29) is 17.2 Å². The highest BCUT2D eigenvalue weighted by Gasteiger charge is 2.20. The van der Waals surface area contributed by atoms with Gasteiger partial charge in [0.1, 0.15) is 11.5 Å². The zero-order chi connectivity index (χ0) is 20.7. The molecule has 0 unspecified atom stereocenters. The molecule has 0 bridgehead atoms. The Balaban J connectivity index is 1.82. The van der Waals surface area contributed by atoms with E-state index < -0.39 is 16.2 Å². The van der Waals surface area contributed by atoms with Crippen LogP contribution in [0, 0.1) is 10.1 Å². The molecular weight excluding hydrogens is 378 g/mol. The molecule has 2 aliphatic rings. The summed E-state index contributed by atoms with van der Waals surface area (Å²) in [5.74, 6) is 1.13. The third-order valence-corrected chi connectivity index (χ3v) is 4.55. The highest BCUT2D eigenvalue weighted by atomic mass is 16.6. The largest absolute Gasteiger partial charge is 0.454 e. The van der Waals surface area contributed by atoms with Crippen LogP contribution < -0.4 is 11.2 Å². The lowest BCUT2D eigenvalue weighted by Gasteiger charge is -2.13. The van der Waals surface area contributed by atoms with Crippen LogP contribution >= 0.6 is 0 Å². The van der Waals surface area contributed by atoms with Crippen molar-refractivity contribution in [3.05, 3.63) is 73.5 Å². The number of furan rings is 1. The zero-order valence-corrected chi connectivity index (χ0v) is 15.5. The number of hydrogen-bond acceptors (Lipinski definition) is 7. The molecule has 0 atom stereocenters. The van der Waals surface area contributed by atoms with Crippen molar-refractivity contribution in [1.29, 1.82) is 0 Å². The van der Waals surface area contributed by atoms with Gasteiger partial charge in [0.25, 0.3) is 11.2 Å². The first-order chi connectivity index (χ1) is 13.9. The minimum Gasteiger partial charge on any atom is -0.454 e. The predicted octanol–water partition coefficient (Wildman–Crippen LogP) is 2.30. The number of fused-ring (bicyclic) bond motifs is 1. The van der Waals surface area contributed by atoms with E-state index in [1.54, 1.807) is 35.0 Å². The standard InChI is InChI=1S/C19H15N5O5/c1-3-23-10-13(20-16-17(23)21-19(26)22(2)18(16)25)15-9-8-14(29-15)11-4-6-12(7-5-11)24(27)28/h4-10H,3H2,1-2H3. The summed E-state index contributed by atoms with van der Waals surface area (Å²) < 4.78 is 8.43. The Morgan fingerprint density at radius 3 is 2.41 bits per heavy atom. The first-order valence-electron chi connectivity index (χ1n) is 8.72. The molecule has 0 spiro atoms. The molecule has 0 fully saturated rings. The van der Waals surface area contributed by atoms with Crippen LogP contribution in [0.1, 0.15) is 6.92 Å². The molecule has 4 rings (SSSR count). The normalized spacial score (nSPS) is 11.1. The molecule has 2 aromatic rings. The van der Waals surface area contributed by atoms with Crippen molar-refractivity contribution in [1.82, 2.24) is 19.1 Å². The van der Waals surface area contributed by atoms with Gasteiger partial charge in [0, 0.05) is 37.5 Å². The number of benzene rings is 1. The van der Waals surface area contributed by atoms with Crippen LogP contribution in [0.25, 0.3) is 34.3 Å². The lowest BCUT2D eigenvalue weighted by Crippen LogP contribution is -2.36. The van der Waals surface area contributed by atoms with Crippen LogP contribution in [0.4, 0.5) is 5.69 Å². The molecule has 0 amide bonds. The van der Waals surface area contributed by atoms with Crippen molar-refractivity contribution >= 4 is 5.69 Å². The van der Waals surface area contributed by atoms with Crippen molar-refractivity contribution < 1.29 is 9.34 Å². The molecule has 0 N–H and O–H groups in total. The van der Waals surface area contributed by atoms with Crippen molar-refractivity contribution in [2.45, 2.75) is 13.5 Å². The summed E-state index contributed by atoms with van der Waals surface area (Å²) in [5.41, 5.74) is -0.0462. The number of hydrogen-bond donors (Lipinski definition) is 0. The lowest BCUT2D eigenvalue weighted by atomic mass is 10.1. The fraction of sp³-hybridized carbons (Fsp3) is 0.158. The van der Waals surface area contributed by atoms with Gasteiger partial charge in [-0.1, -0.05) is 0 Å². The van der Waals surface area contributed by atoms with Gasteiger partial charge in [-0.15, -0.1) is 0 Å². The maximum absolute atomic E-state index is 12.5. The van der Waals surface area contributed by atoms with E-state index in [1.165, 1.54) is 19.2 Å². The van der Waals surface area contributed by atoms with E-state index in [1.807, 2.05) is 6.92 Å². The lowest BCUT2D eigenvalue weighted by molar-refractivity contribution is -0.384. The van der Waals surface area contributed by atoms with Crippen LogP contribution in [0.15, 0.2) is 56.6 Å².